The minimum atomic E-state index is -4.09. The van der Waals surface area contributed by atoms with Crippen LogP contribution in [0.15, 0.2) is 77.8 Å². The van der Waals surface area contributed by atoms with Gasteiger partial charge in [0.25, 0.3) is 10.0 Å². The molecule has 0 radical (unpaired) electrons. The number of hydrogen-bond donors (Lipinski definition) is 1. The van der Waals surface area contributed by atoms with Crippen LogP contribution < -0.4 is 4.74 Å². The van der Waals surface area contributed by atoms with Crippen LogP contribution in [-0.4, -0.2) is 72.3 Å². The van der Waals surface area contributed by atoms with Gasteiger partial charge in [-0.25, -0.2) is 17.4 Å². The highest BCUT2D eigenvalue weighted by Gasteiger charge is 2.30. The van der Waals surface area contributed by atoms with Crippen molar-refractivity contribution in [3.8, 4) is 22.9 Å². The zero-order valence-electron chi connectivity index (χ0n) is 22.6. The van der Waals surface area contributed by atoms with Crippen LogP contribution in [0.4, 0.5) is 0 Å². The molecule has 42 heavy (non-hydrogen) atoms. The minimum absolute atomic E-state index is 0.0268. The molecule has 0 bridgehead atoms. The van der Waals surface area contributed by atoms with Crippen LogP contribution in [0.3, 0.4) is 0 Å². The summed E-state index contributed by atoms with van der Waals surface area (Å²) in [5.74, 6) is 0.0499. The second-order valence-corrected chi connectivity index (χ2v) is 11.9. The first kappa shape index (κ1) is 27.7. The smallest absolute Gasteiger partial charge is 0.269 e. The van der Waals surface area contributed by atoms with Crippen LogP contribution >= 0.6 is 0 Å². The third kappa shape index (κ3) is 5.05. The van der Waals surface area contributed by atoms with Crippen LogP contribution in [0.25, 0.3) is 27.7 Å². The first-order valence-corrected chi connectivity index (χ1v) is 15.0. The monoisotopic (exact) mass is 584 g/mol. The summed E-state index contributed by atoms with van der Waals surface area (Å²) in [6.07, 6.45) is 4.80. The van der Waals surface area contributed by atoms with E-state index in [2.05, 4.69) is 11.1 Å². The number of rotatable bonds is 7. The average Bonchev–Trinajstić information content (AvgIpc) is 3.68. The number of benzene rings is 2. The number of nitriles is 1. The van der Waals surface area contributed by atoms with Gasteiger partial charge in [0.2, 0.25) is 5.91 Å². The van der Waals surface area contributed by atoms with Gasteiger partial charge in [-0.1, -0.05) is 30.3 Å². The van der Waals surface area contributed by atoms with E-state index in [1.165, 1.54) is 21.0 Å². The highest BCUT2D eigenvalue weighted by atomic mass is 32.2. The molecule has 10 nitrogen and oxygen atoms in total. The fourth-order valence-corrected chi connectivity index (χ4v) is 6.90. The largest absolute Gasteiger partial charge is 0.489 e. The Balaban J connectivity index is 1.48. The summed E-state index contributed by atoms with van der Waals surface area (Å²) in [6.45, 7) is 1.00. The molecule has 1 saturated heterocycles. The average molecular weight is 585 g/mol. The number of pyridine rings is 1. The summed E-state index contributed by atoms with van der Waals surface area (Å²) in [6, 6.07) is 19.2. The summed E-state index contributed by atoms with van der Waals surface area (Å²) in [7, 11) is -4.09. The standard InChI is InChI=1S/C31H28N4O6S/c32-18-23-16-21(6-7-29(23)41-24-10-14-40-15-11-24)26-8-12-33-31-27(26)17-28(22-9-13-34(19-22)30(37)20-36)35(31)42(38,39)25-4-2-1-3-5-25/h1-9,12,16-17,24,36H,10-11,13-15,19-20H2. The Labute approximate surface area is 243 Å². The molecule has 2 aliphatic heterocycles. The Kier molecular flexibility index (Phi) is 7.51. The van der Waals surface area contributed by atoms with Crippen LogP contribution in [0.5, 0.6) is 5.75 Å². The number of aliphatic hydroxyl groups excluding tert-OH is 1. The van der Waals surface area contributed by atoms with E-state index in [1.54, 1.807) is 54.7 Å². The molecule has 0 unspecified atom stereocenters. The van der Waals surface area contributed by atoms with E-state index < -0.39 is 22.5 Å². The first-order chi connectivity index (χ1) is 20.4. The SMILES string of the molecule is N#Cc1cc(-c2ccnc3c2cc(C2=CCN(C(=O)CO)C2)n3S(=O)(=O)c2ccccc2)ccc1OC1CCOCC1. The van der Waals surface area contributed by atoms with Gasteiger partial charge in [0.15, 0.2) is 5.65 Å². The molecule has 0 atom stereocenters. The van der Waals surface area contributed by atoms with Gasteiger partial charge in [-0.2, -0.15) is 5.26 Å². The topological polar surface area (TPSA) is 135 Å². The number of carbonyl (C=O) groups is 1. The highest BCUT2D eigenvalue weighted by Crippen LogP contribution is 2.37. The summed E-state index contributed by atoms with van der Waals surface area (Å²) >= 11 is 0. The van der Waals surface area contributed by atoms with Gasteiger partial charge in [0.05, 0.1) is 29.4 Å². The molecule has 0 aliphatic carbocycles. The summed E-state index contributed by atoms with van der Waals surface area (Å²) < 4.78 is 40.8. The van der Waals surface area contributed by atoms with Crippen LogP contribution in [-0.2, 0) is 19.6 Å². The molecule has 1 fully saturated rings. The molecule has 0 saturated carbocycles. The quantitative estimate of drug-likeness (QED) is 0.348. The van der Waals surface area contributed by atoms with Crippen LogP contribution in [0, 0.1) is 11.3 Å². The second-order valence-electron chi connectivity index (χ2n) is 10.1. The lowest BCUT2D eigenvalue weighted by Crippen LogP contribution is -2.31. The lowest BCUT2D eigenvalue weighted by atomic mass is 10.0. The predicted octanol–water partition coefficient (Wildman–Crippen LogP) is 3.59. The molecule has 2 aliphatic rings. The highest BCUT2D eigenvalue weighted by molar-refractivity contribution is 7.90. The fraction of sp³-hybridized carbons (Fsp3) is 0.258. The second kappa shape index (κ2) is 11.4. The lowest BCUT2D eigenvalue weighted by molar-refractivity contribution is -0.132. The van der Waals surface area contributed by atoms with E-state index in [0.29, 0.717) is 52.3 Å². The van der Waals surface area contributed by atoms with Gasteiger partial charge < -0.3 is 19.5 Å². The molecular formula is C31H28N4O6S. The Bertz CT molecular complexity index is 1840. The third-order valence-corrected chi connectivity index (χ3v) is 9.27. The molecule has 1 amide bonds. The molecule has 4 heterocycles. The zero-order valence-corrected chi connectivity index (χ0v) is 23.5. The number of aliphatic hydroxyl groups is 1. The molecule has 2 aromatic carbocycles. The Morgan fingerprint density at radius 3 is 2.64 bits per heavy atom. The molecule has 214 valence electrons. The number of ether oxygens (including phenoxy) is 2. The summed E-state index contributed by atoms with van der Waals surface area (Å²) in [5, 5.41) is 19.9. The Morgan fingerprint density at radius 1 is 1.12 bits per heavy atom. The number of fused-ring (bicyclic) bond motifs is 1. The number of nitrogens with zero attached hydrogens (tertiary/aromatic N) is 4. The molecular weight excluding hydrogens is 556 g/mol. The van der Waals surface area contributed by atoms with Crippen molar-refractivity contribution in [3.63, 3.8) is 0 Å². The van der Waals surface area contributed by atoms with E-state index >= 15 is 0 Å². The normalized spacial score (nSPS) is 15.9. The summed E-state index contributed by atoms with van der Waals surface area (Å²) in [4.78, 5) is 18.2. The van der Waals surface area contributed by atoms with Crippen molar-refractivity contribution < 1.29 is 27.8 Å². The van der Waals surface area contributed by atoms with Crippen LogP contribution in [0.1, 0.15) is 24.1 Å². The van der Waals surface area contributed by atoms with Gasteiger partial charge in [0, 0.05) is 37.5 Å². The zero-order chi connectivity index (χ0) is 29.3. The van der Waals surface area contributed by atoms with Crippen molar-refractivity contribution >= 4 is 32.5 Å². The maximum atomic E-state index is 14.0. The van der Waals surface area contributed by atoms with Crippen molar-refractivity contribution in [3.05, 3.63) is 84.2 Å². The van der Waals surface area contributed by atoms with Crippen molar-refractivity contribution in [2.24, 2.45) is 0 Å². The van der Waals surface area contributed by atoms with E-state index in [0.717, 1.165) is 12.8 Å². The van der Waals surface area contributed by atoms with Crippen LogP contribution in [0.2, 0.25) is 0 Å². The van der Waals surface area contributed by atoms with Crippen molar-refractivity contribution in [2.45, 2.75) is 23.8 Å². The molecule has 11 heteroatoms. The molecule has 6 rings (SSSR count). The molecule has 2 aromatic heterocycles. The van der Waals surface area contributed by atoms with E-state index in [1.807, 2.05) is 6.07 Å². The van der Waals surface area contributed by atoms with Gasteiger partial charge >= 0.3 is 0 Å². The van der Waals surface area contributed by atoms with Crippen molar-refractivity contribution in [1.29, 1.82) is 5.26 Å². The minimum Gasteiger partial charge on any atom is -0.489 e. The molecule has 4 aromatic rings. The lowest BCUT2D eigenvalue weighted by Gasteiger charge is -2.23. The Hall–Kier alpha value is -4.50. The van der Waals surface area contributed by atoms with E-state index in [4.69, 9.17) is 9.47 Å². The van der Waals surface area contributed by atoms with E-state index in [9.17, 15) is 23.6 Å². The number of amides is 1. The van der Waals surface area contributed by atoms with Crippen molar-refractivity contribution in [1.82, 2.24) is 13.9 Å². The van der Waals surface area contributed by atoms with Gasteiger partial charge in [0.1, 0.15) is 24.5 Å². The number of carbonyl (C=O) groups excluding carboxylic acids is 1. The third-order valence-electron chi connectivity index (χ3n) is 7.55. The van der Waals surface area contributed by atoms with Crippen molar-refractivity contribution in [2.75, 3.05) is 32.9 Å². The van der Waals surface area contributed by atoms with Gasteiger partial charge in [-0.3, -0.25) is 4.79 Å². The number of aromatic nitrogens is 2. The summed E-state index contributed by atoms with van der Waals surface area (Å²) in [5.41, 5.74) is 2.99. The van der Waals surface area contributed by atoms with Gasteiger partial charge in [-0.15, -0.1) is 0 Å². The maximum Gasteiger partial charge on any atom is 0.269 e. The predicted molar refractivity (Wildman–Crippen MR) is 155 cm³/mol. The Morgan fingerprint density at radius 2 is 1.90 bits per heavy atom. The molecule has 1 N–H and O–H groups in total. The maximum absolute atomic E-state index is 14.0. The first-order valence-electron chi connectivity index (χ1n) is 13.6. The molecule has 0 spiro atoms. The number of hydrogen-bond acceptors (Lipinski definition) is 8. The van der Waals surface area contributed by atoms with Gasteiger partial charge in [-0.05, 0) is 53.1 Å². The fourth-order valence-electron chi connectivity index (χ4n) is 5.38. The van der Waals surface area contributed by atoms with E-state index in [-0.39, 0.29) is 29.7 Å².